The number of hydrogen-bond acceptors (Lipinski definition) is 4. The van der Waals surface area contributed by atoms with Crippen molar-refractivity contribution in [1.29, 1.82) is 0 Å². The van der Waals surface area contributed by atoms with Crippen LogP contribution in [0.3, 0.4) is 0 Å². The van der Waals surface area contributed by atoms with Crippen LogP contribution in [0.4, 0.5) is 5.69 Å². The average molecular weight is 212 g/mol. The third-order valence-electron chi connectivity index (χ3n) is 1.41. The molecule has 0 aliphatic heterocycles. The summed E-state index contributed by atoms with van der Waals surface area (Å²) in [5.41, 5.74) is 5.19. The van der Waals surface area contributed by atoms with Gasteiger partial charge in [-0.15, -0.1) is 0 Å². The SMILES string of the molecule is NC(=S)COc1cccc([N+](=O)[O-])c1. The van der Waals surface area contributed by atoms with Crippen molar-refractivity contribution in [2.24, 2.45) is 5.73 Å². The lowest BCUT2D eigenvalue weighted by Gasteiger charge is -2.03. The highest BCUT2D eigenvalue weighted by atomic mass is 32.1. The summed E-state index contributed by atoms with van der Waals surface area (Å²) in [5, 5.41) is 10.4. The molecule has 14 heavy (non-hydrogen) atoms. The molecule has 0 saturated carbocycles. The van der Waals surface area contributed by atoms with Crippen LogP contribution in [-0.4, -0.2) is 16.5 Å². The Morgan fingerprint density at radius 3 is 2.93 bits per heavy atom. The summed E-state index contributed by atoms with van der Waals surface area (Å²) in [6.45, 7) is 0.0799. The van der Waals surface area contributed by atoms with Gasteiger partial charge in [0.05, 0.1) is 11.0 Å². The lowest BCUT2D eigenvalue weighted by Crippen LogP contribution is -2.17. The van der Waals surface area contributed by atoms with Crippen molar-refractivity contribution in [3.63, 3.8) is 0 Å². The number of benzene rings is 1. The lowest BCUT2D eigenvalue weighted by molar-refractivity contribution is -0.384. The van der Waals surface area contributed by atoms with Crippen LogP contribution in [-0.2, 0) is 0 Å². The molecule has 0 heterocycles. The van der Waals surface area contributed by atoms with Crippen molar-refractivity contribution in [3.8, 4) is 5.75 Å². The molecule has 0 fully saturated rings. The first kappa shape index (κ1) is 10.4. The average Bonchev–Trinajstić information content (AvgIpc) is 2.15. The second kappa shape index (κ2) is 4.52. The smallest absolute Gasteiger partial charge is 0.273 e. The topological polar surface area (TPSA) is 78.4 Å². The second-order valence-electron chi connectivity index (χ2n) is 2.51. The molecule has 0 radical (unpaired) electrons. The van der Waals surface area contributed by atoms with Crippen molar-refractivity contribution in [3.05, 3.63) is 34.4 Å². The van der Waals surface area contributed by atoms with Crippen molar-refractivity contribution < 1.29 is 9.66 Å². The van der Waals surface area contributed by atoms with Crippen LogP contribution in [0.5, 0.6) is 5.75 Å². The zero-order chi connectivity index (χ0) is 10.6. The number of nitrogens with zero attached hydrogens (tertiary/aromatic N) is 1. The summed E-state index contributed by atoms with van der Waals surface area (Å²) < 4.78 is 5.09. The predicted octanol–water partition coefficient (Wildman–Crippen LogP) is 1.26. The standard InChI is InChI=1S/C8H8N2O3S/c9-8(14)5-13-7-3-1-2-6(4-7)10(11)12/h1-4H,5H2,(H2,9,14). The quantitative estimate of drug-likeness (QED) is 0.461. The molecule has 0 aliphatic carbocycles. The van der Waals surface area contributed by atoms with E-state index in [1.807, 2.05) is 0 Å². The lowest BCUT2D eigenvalue weighted by atomic mass is 10.3. The molecule has 74 valence electrons. The number of nitrogens with two attached hydrogens (primary N) is 1. The molecule has 0 aliphatic rings. The van der Waals surface area contributed by atoms with E-state index in [1.165, 1.54) is 18.2 Å². The van der Waals surface area contributed by atoms with Gasteiger partial charge in [-0.1, -0.05) is 18.3 Å². The second-order valence-corrected chi connectivity index (χ2v) is 3.03. The zero-order valence-corrected chi connectivity index (χ0v) is 7.99. The summed E-state index contributed by atoms with van der Waals surface area (Å²) in [6.07, 6.45) is 0. The summed E-state index contributed by atoms with van der Waals surface area (Å²) in [7, 11) is 0. The molecule has 1 aromatic rings. The number of nitro groups is 1. The van der Waals surface area contributed by atoms with Gasteiger partial charge in [0.25, 0.3) is 5.69 Å². The van der Waals surface area contributed by atoms with E-state index in [9.17, 15) is 10.1 Å². The fourth-order valence-corrected chi connectivity index (χ4v) is 0.900. The van der Waals surface area contributed by atoms with Crippen molar-refractivity contribution >= 4 is 22.9 Å². The number of rotatable bonds is 4. The molecule has 1 aromatic carbocycles. The van der Waals surface area contributed by atoms with Crippen molar-refractivity contribution in [2.75, 3.05) is 6.61 Å². The molecule has 1 rings (SSSR count). The molecule has 0 unspecified atom stereocenters. The first-order chi connectivity index (χ1) is 6.59. The number of non-ortho nitro benzene ring substituents is 1. The molecule has 2 N–H and O–H groups in total. The summed E-state index contributed by atoms with van der Waals surface area (Å²) >= 11 is 4.60. The molecule has 0 spiro atoms. The van der Waals surface area contributed by atoms with E-state index in [2.05, 4.69) is 12.2 Å². The van der Waals surface area contributed by atoms with Gasteiger partial charge in [-0.25, -0.2) is 0 Å². The largest absolute Gasteiger partial charge is 0.486 e. The summed E-state index contributed by atoms with van der Waals surface area (Å²) in [4.78, 5) is 10.1. The molecule has 0 amide bonds. The minimum atomic E-state index is -0.492. The van der Waals surface area contributed by atoms with E-state index in [0.717, 1.165) is 0 Å². The van der Waals surface area contributed by atoms with E-state index in [1.54, 1.807) is 6.07 Å². The Morgan fingerprint density at radius 1 is 1.64 bits per heavy atom. The molecule has 0 saturated heterocycles. The Hall–Kier alpha value is -1.69. The highest BCUT2D eigenvalue weighted by molar-refractivity contribution is 7.80. The molecule has 6 heteroatoms. The van der Waals surface area contributed by atoms with E-state index in [0.29, 0.717) is 5.75 Å². The van der Waals surface area contributed by atoms with E-state index in [4.69, 9.17) is 10.5 Å². The summed E-state index contributed by atoms with van der Waals surface area (Å²) in [5.74, 6) is 0.381. The zero-order valence-electron chi connectivity index (χ0n) is 7.17. The Balaban J connectivity index is 2.73. The van der Waals surface area contributed by atoms with Crippen molar-refractivity contribution in [2.45, 2.75) is 0 Å². The maximum Gasteiger partial charge on any atom is 0.273 e. The molecular formula is C8H8N2O3S. The van der Waals surface area contributed by atoms with Crippen LogP contribution in [0.2, 0.25) is 0 Å². The van der Waals surface area contributed by atoms with Crippen LogP contribution in [0.15, 0.2) is 24.3 Å². The fraction of sp³-hybridized carbons (Fsp3) is 0.125. The maximum atomic E-state index is 10.4. The molecular weight excluding hydrogens is 204 g/mol. The first-order valence-electron chi connectivity index (χ1n) is 3.75. The minimum absolute atomic E-state index is 0.0227. The van der Waals surface area contributed by atoms with Crippen LogP contribution in [0, 0.1) is 10.1 Å². The number of ether oxygens (including phenoxy) is 1. The number of thiocarbonyl (C=S) groups is 1. The minimum Gasteiger partial charge on any atom is -0.486 e. The van der Waals surface area contributed by atoms with Crippen LogP contribution >= 0.6 is 12.2 Å². The van der Waals surface area contributed by atoms with Crippen LogP contribution < -0.4 is 10.5 Å². The third kappa shape index (κ3) is 2.98. The van der Waals surface area contributed by atoms with Crippen molar-refractivity contribution in [1.82, 2.24) is 0 Å². The summed E-state index contributed by atoms with van der Waals surface area (Å²) in [6, 6.07) is 5.84. The van der Waals surface area contributed by atoms with Crippen LogP contribution in [0.25, 0.3) is 0 Å². The Bertz CT molecular complexity index is 367. The third-order valence-corrected chi connectivity index (χ3v) is 1.53. The van der Waals surface area contributed by atoms with Gasteiger partial charge in [-0.3, -0.25) is 10.1 Å². The molecule has 0 atom stereocenters. The molecule has 0 bridgehead atoms. The maximum absolute atomic E-state index is 10.4. The highest BCUT2D eigenvalue weighted by Crippen LogP contribution is 2.18. The highest BCUT2D eigenvalue weighted by Gasteiger charge is 2.05. The van der Waals surface area contributed by atoms with E-state index >= 15 is 0 Å². The van der Waals surface area contributed by atoms with Gasteiger partial charge in [0.15, 0.2) is 0 Å². The molecule has 0 aromatic heterocycles. The van der Waals surface area contributed by atoms with Gasteiger partial charge in [0, 0.05) is 6.07 Å². The van der Waals surface area contributed by atoms with Gasteiger partial charge in [0.2, 0.25) is 0 Å². The van der Waals surface area contributed by atoms with Gasteiger partial charge in [-0.05, 0) is 6.07 Å². The van der Waals surface area contributed by atoms with Gasteiger partial charge >= 0.3 is 0 Å². The Morgan fingerprint density at radius 2 is 2.36 bits per heavy atom. The Kier molecular flexibility index (Phi) is 3.35. The van der Waals surface area contributed by atoms with E-state index < -0.39 is 4.92 Å². The first-order valence-corrected chi connectivity index (χ1v) is 4.16. The fourth-order valence-electron chi connectivity index (χ4n) is 0.841. The molecule has 5 nitrogen and oxygen atoms in total. The number of hydrogen-bond donors (Lipinski definition) is 1. The van der Waals surface area contributed by atoms with Gasteiger partial charge in [0.1, 0.15) is 17.3 Å². The van der Waals surface area contributed by atoms with Crippen LogP contribution in [0.1, 0.15) is 0 Å². The van der Waals surface area contributed by atoms with Gasteiger partial charge in [-0.2, -0.15) is 0 Å². The predicted molar refractivity (Wildman–Crippen MR) is 55.4 cm³/mol. The Labute approximate surface area is 85.6 Å². The number of nitro benzene ring substituents is 1. The normalized spacial score (nSPS) is 9.43. The van der Waals surface area contributed by atoms with E-state index in [-0.39, 0.29) is 17.3 Å². The van der Waals surface area contributed by atoms with Gasteiger partial charge < -0.3 is 10.5 Å². The monoisotopic (exact) mass is 212 g/mol.